The first-order valence-electron chi connectivity index (χ1n) is 10.8. The van der Waals surface area contributed by atoms with Crippen molar-refractivity contribution in [3.63, 3.8) is 0 Å². The fraction of sp³-hybridized carbons (Fsp3) is 0.0741. The lowest BCUT2D eigenvalue weighted by Gasteiger charge is -2.25. The maximum absolute atomic E-state index is 13.6. The molecule has 0 radical (unpaired) electrons. The van der Waals surface area contributed by atoms with Crippen molar-refractivity contribution in [2.75, 3.05) is 23.3 Å². The minimum Gasteiger partial charge on any atom is -0.495 e. The summed E-state index contributed by atoms with van der Waals surface area (Å²) in [6, 6.07) is 30.7. The molecule has 0 aromatic heterocycles. The molecule has 4 aromatic rings. The molecule has 0 atom stereocenters. The smallest absolute Gasteiger partial charge is 0.264 e. The van der Waals surface area contributed by atoms with Crippen LogP contribution in [0, 0.1) is 0 Å². The second kappa shape index (κ2) is 10.8. The third-order valence-corrected chi connectivity index (χ3v) is 6.88. The second-order valence-electron chi connectivity index (χ2n) is 7.46. The zero-order valence-electron chi connectivity index (χ0n) is 19.0. The molecule has 0 spiro atoms. The number of ether oxygens (including phenoxy) is 2. The Hall–Kier alpha value is -4.30. The summed E-state index contributed by atoms with van der Waals surface area (Å²) in [5, 5.41) is 2.78. The van der Waals surface area contributed by atoms with E-state index in [1.165, 1.54) is 19.2 Å². The molecule has 0 saturated carbocycles. The molecule has 0 unspecified atom stereocenters. The first-order chi connectivity index (χ1) is 17.0. The van der Waals surface area contributed by atoms with Crippen molar-refractivity contribution in [2.24, 2.45) is 0 Å². The van der Waals surface area contributed by atoms with Crippen LogP contribution in [0.15, 0.2) is 114 Å². The Labute approximate surface area is 204 Å². The maximum atomic E-state index is 13.6. The summed E-state index contributed by atoms with van der Waals surface area (Å²) < 4.78 is 39.5. The molecule has 0 aliphatic carbocycles. The van der Waals surface area contributed by atoms with Gasteiger partial charge in [0.15, 0.2) is 5.75 Å². The quantitative estimate of drug-likeness (QED) is 0.345. The molecule has 0 aliphatic heterocycles. The molecule has 35 heavy (non-hydrogen) atoms. The molecular formula is C27H24N2O5S. The highest BCUT2D eigenvalue weighted by Crippen LogP contribution is 2.33. The van der Waals surface area contributed by atoms with E-state index in [0.717, 1.165) is 4.31 Å². The Morgan fingerprint density at radius 3 is 2.03 bits per heavy atom. The number of carbonyl (C=O) groups is 1. The Balaban J connectivity index is 1.64. The molecule has 4 aromatic carbocycles. The maximum Gasteiger partial charge on any atom is 0.264 e. The number of para-hydroxylation sites is 5. The monoisotopic (exact) mass is 488 g/mol. The van der Waals surface area contributed by atoms with Gasteiger partial charge in [0.1, 0.15) is 18.0 Å². The lowest BCUT2D eigenvalue weighted by Crippen LogP contribution is -2.38. The van der Waals surface area contributed by atoms with Crippen LogP contribution in [0.1, 0.15) is 0 Å². The minimum atomic E-state index is -4.07. The highest BCUT2D eigenvalue weighted by molar-refractivity contribution is 7.92. The summed E-state index contributed by atoms with van der Waals surface area (Å²) in [5.74, 6) is 0.824. The predicted octanol–water partition coefficient (Wildman–Crippen LogP) is 5.32. The molecule has 0 saturated heterocycles. The minimum absolute atomic E-state index is 0.0616. The van der Waals surface area contributed by atoms with E-state index in [9.17, 15) is 13.2 Å². The summed E-state index contributed by atoms with van der Waals surface area (Å²) in [6.45, 7) is -0.475. The molecule has 0 aliphatic rings. The number of sulfonamides is 1. The van der Waals surface area contributed by atoms with Crippen LogP contribution in [0.5, 0.6) is 17.2 Å². The van der Waals surface area contributed by atoms with Crippen molar-refractivity contribution >= 4 is 27.3 Å². The highest BCUT2D eigenvalue weighted by atomic mass is 32.2. The highest BCUT2D eigenvalue weighted by Gasteiger charge is 2.29. The van der Waals surface area contributed by atoms with Gasteiger partial charge in [-0.2, -0.15) is 0 Å². The Bertz CT molecular complexity index is 1390. The van der Waals surface area contributed by atoms with E-state index in [4.69, 9.17) is 9.47 Å². The molecule has 1 amide bonds. The van der Waals surface area contributed by atoms with Crippen molar-refractivity contribution in [2.45, 2.75) is 4.90 Å². The lowest BCUT2D eigenvalue weighted by atomic mass is 10.2. The molecule has 8 heteroatoms. The summed E-state index contributed by atoms with van der Waals surface area (Å²) in [4.78, 5) is 13.2. The van der Waals surface area contributed by atoms with Crippen molar-refractivity contribution in [1.82, 2.24) is 0 Å². The summed E-state index contributed by atoms with van der Waals surface area (Å²) in [7, 11) is -2.62. The van der Waals surface area contributed by atoms with Crippen LogP contribution in [-0.4, -0.2) is 28.0 Å². The van der Waals surface area contributed by atoms with Crippen molar-refractivity contribution in [3.8, 4) is 17.2 Å². The van der Waals surface area contributed by atoms with Crippen LogP contribution in [0.25, 0.3) is 0 Å². The molecule has 0 bridgehead atoms. The normalized spacial score (nSPS) is 10.9. The second-order valence-corrected chi connectivity index (χ2v) is 9.32. The van der Waals surface area contributed by atoms with E-state index in [2.05, 4.69) is 5.32 Å². The van der Waals surface area contributed by atoms with Gasteiger partial charge in [0.25, 0.3) is 10.0 Å². The lowest BCUT2D eigenvalue weighted by molar-refractivity contribution is -0.114. The summed E-state index contributed by atoms with van der Waals surface area (Å²) in [6.07, 6.45) is 0. The van der Waals surface area contributed by atoms with E-state index >= 15 is 0 Å². The van der Waals surface area contributed by atoms with Gasteiger partial charge < -0.3 is 14.8 Å². The number of anilines is 2. The topological polar surface area (TPSA) is 84.9 Å². The number of hydrogen-bond donors (Lipinski definition) is 1. The molecule has 4 rings (SSSR count). The average Bonchev–Trinajstić information content (AvgIpc) is 2.89. The van der Waals surface area contributed by atoms with Gasteiger partial charge in [-0.15, -0.1) is 0 Å². The fourth-order valence-corrected chi connectivity index (χ4v) is 4.90. The zero-order valence-corrected chi connectivity index (χ0v) is 19.8. The predicted molar refractivity (Wildman–Crippen MR) is 136 cm³/mol. The van der Waals surface area contributed by atoms with Gasteiger partial charge in [0.2, 0.25) is 5.91 Å². The Morgan fingerprint density at radius 2 is 1.34 bits per heavy atom. The van der Waals surface area contributed by atoms with E-state index < -0.39 is 22.5 Å². The summed E-state index contributed by atoms with van der Waals surface area (Å²) >= 11 is 0. The number of rotatable bonds is 9. The van der Waals surface area contributed by atoms with E-state index in [1.54, 1.807) is 78.9 Å². The molecule has 1 N–H and O–H groups in total. The first-order valence-corrected chi connectivity index (χ1v) is 12.3. The third-order valence-electron chi connectivity index (χ3n) is 5.10. The van der Waals surface area contributed by atoms with Gasteiger partial charge in [0.05, 0.1) is 23.4 Å². The molecule has 0 heterocycles. The molecule has 178 valence electrons. The van der Waals surface area contributed by atoms with Crippen molar-refractivity contribution in [3.05, 3.63) is 109 Å². The van der Waals surface area contributed by atoms with Gasteiger partial charge in [-0.1, -0.05) is 60.7 Å². The van der Waals surface area contributed by atoms with E-state index in [1.807, 2.05) is 18.2 Å². The number of methoxy groups -OCH3 is 1. The molecular weight excluding hydrogens is 464 g/mol. The molecule has 0 fully saturated rings. The van der Waals surface area contributed by atoms with Crippen LogP contribution in [-0.2, 0) is 14.8 Å². The van der Waals surface area contributed by atoms with E-state index in [-0.39, 0.29) is 10.6 Å². The van der Waals surface area contributed by atoms with Crippen LogP contribution in [0.3, 0.4) is 0 Å². The number of carbonyl (C=O) groups excluding carboxylic acids is 1. The standard InChI is InChI=1S/C27H24N2O5S/c1-33-26-19-11-9-17-24(26)29(35(31,32)22-14-6-3-7-15-22)20-27(30)28-23-16-8-10-18-25(23)34-21-12-4-2-5-13-21/h2-19H,20H2,1H3,(H,28,30). The van der Waals surface area contributed by atoms with Crippen molar-refractivity contribution < 1.29 is 22.7 Å². The van der Waals surface area contributed by atoms with Crippen LogP contribution >= 0.6 is 0 Å². The first kappa shape index (κ1) is 23.8. The number of hydrogen-bond acceptors (Lipinski definition) is 5. The van der Waals surface area contributed by atoms with E-state index in [0.29, 0.717) is 22.9 Å². The molecule has 7 nitrogen and oxygen atoms in total. The number of nitrogens with one attached hydrogen (secondary N) is 1. The Morgan fingerprint density at radius 1 is 0.771 bits per heavy atom. The zero-order chi connectivity index (χ0) is 24.7. The fourth-order valence-electron chi connectivity index (χ4n) is 3.45. The average molecular weight is 489 g/mol. The number of benzene rings is 4. The summed E-state index contributed by atoms with van der Waals surface area (Å²) in [5.41, 5.74) is 0.668. The van der Waals surface area contributed by atoms with Gasteiger partial charge in [-0.25, -0.2) is 8.42 Å². The van der Waals surface area contributed by atoms with Crippen LogP contribution in [0.2, 0.25) is 0 Å². The van der Waals surface area contributed by atoms with Gasteiger partial charge in [0, 0.05) is 0 Å². The van der Waals surface area contributed by atoms with Gasteiger partial charge in [-0.3, -0.25) is 9.10 Å². The largest absolute Gasteiger partial charge is 0.495 e. The third kappa shape index (κ3) is 5.62. The van der Waals surface area contributed by atoms with Gasteiger partial charge in [-0.05, 0) is 48.5 Å². The number of amides is 1. The SMILES string of the molecule is COc1ccccc1N(CC(=O)Nc1ccccc1Oc1ccccc1)S(=O)(=O)c1ccccc1. The van der Waals surface area contributed by atoms with Gasteiger partial charge >= 0.3 is 0 Å². The number of nitrogens with zero attached hydrogens (tertiary/aromatic N) is 1. The van der Waals surface area contributed by atoms with Crippen molar-refractivity contribution in [1.29, 1.82) is 0 Å². The van der Waals surface area contributed by atoms with Crippen LogP contribution < -0.4 is 19.1 Å². The Kier molecular flexibility index (Phi) is 7.32. The van der Waals surface area contributed by atoms with Crippen LogP contribution in [0.4, 0.5) is 11.4 Å².